The van der Waals surface area contributed by atoms with Gasteiger partial charge in [0.2, 0.25) is 0 Å². The van der Waals surface area contributed by atoms with E-state index in [4.69, 9.17) is 4.74 Å². The maximum absolute atomic E-state index is 11.6. The fourth-order valence-corrected chi connectivity index (χ4v) is 1.77. The highest BCUT2D eigenvalue weighted by atomic mass is 16.6. The number of allylic oxidation sites excluding steroid dienone is 2. The molecular weight excluding hydrogens is 238 g/mol. The second kappa shape index (κ2) is 9.88. The zero-order valence-electron chi connectivity index (χ0n) is 13.3. The molecule has 0 bridgehead atoms. The van der Waals surface area contributed by atoms with Gasteiger partial charge < -0.3 is 10.1 Å². The third-order valence-corrected chi connectivity index (χ3v) is 2.76. The normalized spacial score (nSPS) is 21.2. The van der Waals surface area contributed by atoms with Crippen LogP contribution in [0.25, 0.3) is 0 Å². The fraction of sp³-hybridized carbons (Fsp3) is 0.812. The van der Waals surface area contributed by atoms with Crippen molar-refractivity contribution in [3.05, 3.63) is 12.2 Å². The van der Waals surface area contributed by atoms with E-state index in [1.165, 1.54) is 0 Å². The van der Waals surface area contributed by atoms with Crippen LogP contribution in [-0.2, 0) is 4.74 Å². The fourth-order valence-electron chi connectivity index (χ4n) is 1.77. The Balaban J connectivity index is 0. The smallest absolute Gasteiger partial charge is 0.407 e. The van der Waals surface area contributed by atoms with Crippen LogP contribution in [0.3, 0.4) is 0 Å². The molecule has 0 saturated heterocycles. The maximum atomic E-state index is 11.6. The van der Waals surface area contributed by atoms with Crippen molar-refractivity contribution in [2.24, 2.45) is 5.41 Å². The molecule has 1 atom stereocenters. The van der Waals surface area contributed by atoms with E-state index in [1.54, 1.807) is 0 Å². The van der Waals surface area contributed by atoms with Crippen LogP contribution in [0.4, 0.5) is 4.79 Å². The van der Waals surface area contributed by atoms with E-state index >= 15 is 0 Å². The summed E-state index contributed by atoms with van der Waals surface area (Å²) in [5, 5.41) is 2.83. The van der Waals surface area contributed by atoms with Gasteiger partial charge in [0.05, 0.1) is 0 Å². The summed E-state index contributed by atoms with van der Waals surface area (Å²) in [6.07, 6.45) is 9.36. The van der Waals surface area contributed by atoms with Crippen LogP contribution < -0.4 is 5.32 Å². The number of amides is 1. The lowest BCUT2D eigenvalue weighted by Crippen LogP contribution is -2.35. The summed E-state index contributed by atoms with van der Waals surface area (Å²) < 4.78 is 5.44. The molecule has 1 unspecified atom stereocenters. The molecule has 0 aromatic rings. The molecule has 1 aliphatic rings. The minimum atomic E-state index is -0.269. The predicted octanol–water partition coefficient (Wildman–Crippen LogP) is 4.92. The number of carbonyl (C=O) groups is 1. The zero-order chi connectivity index (χ0) is 14.7. The first-order valence-electron chi connectivity index (χ1n) is 7.57. The Kier molecular flexibility index (Phi) is 9.36. The lowest BCUT2D eigenvalue weighted by molar-refractivity contribution is 0.0841. The third kappa shape index (κ3) is 10.6. The lowest BCUT2D eigenvalue weighted by atomic mass is 9.97. The van der Waals surface area contributed by atoms with Crippen LogP contribution in [0.2, 0.25) is 0 Å². The molecule has 0 fully saturated rings. The molecule has 3 heteroatoms. The Bertz CT molecular complexity index is 272. The van der Waals surface area contributed by atoms with E-state index in [0.717, 1.165) is 32.1 Å². The van der Waals surface area contributed by atoms with Gasteiger partial charge in [-0.25, -0.2) is 4.79 Å². The average Bonchev–Trinajstić information content (AvgIpc) is 2.32. The third-order valence-electron chi connectivity index (χ3n) is 2.76. The molecule has 0 radical (unpaired) electrons. The van der Waals surface area contributed by atoms with Crippen LogP contribution in [0, 0.1) is 5.41 Å². The molecular formula is C16H33NO2. The number of hydrogen-bond donors (Lipinski definition) is 1. The topological polar surface area (TPSA) is 38.3 Å². The molecule has 114 valence electrons. The number of alkyl carbamates (subject to hydrolysis) is 1. The molecule has 0 aromatic carbocycles. The van der Waals surface area contributed by atoms with Crippen molar-refractivity contribution in [1.29, 1.82) is 0 Å². The number of carbonyl (C=O) groups excluding carboxylic acids is 1. The second-order valence-electron chi connectivity index (χ2n) is 5.92. The van der Waals surface area contributed by atoms with Gasteiger partial charge in [-0.3, -0.25) is 0 Å². The summed E-state index contributed by atoms with van der Waals surface area (Å²) >= 11 is 0. The Labute approximate surface area is 120 Å². The van der Waals surface area contributed by atoms with Crippen molar-refractivity contribution in [2.75, 3.05) is 6.54 Å². The van der Waals surface area contributed by atoms with Crippen molar-refractivity contribution in [3.63, 3.8) is 0 Å². The highest BCUT2D eigenvalue weighted by molar-refractivity contribution is 5.67. The second-order valence-corrected chi connectivity index (χ2v) is 5.92. The number of nitrogens with one attached hydrogen (secondary N) is 1. The molecule has 3 nitrogen and oxygen atoms in total. The Morgan fingerprint density at radius 1 is 1.26 bits per heavy atom. The van der Waals surface area contributed by atoms with Crippen molar-refractivity contribution < 1.29 is 11.0 Å². The van der Waals surface area contributed by atoms with Crippen LogP contribution in [-0.4, -0.2) is 18.7 Å². The molecule has 1 N–H and O–H groups in total. The monoisotopic (exact) mass is 271 g/mol. The maximum Gasteiger partial charge on any atom is 0.407 e. The van der Waals surface area contributed by atoms with Crippen molar-refractivity contribution in [3.8, 4) is 0 Å². The van der Waals surface area contributed by atoms with E-state index in [0.29, 0.717) is 6.54 Å². The van der Waals surface area contributed by atoms with Gasteiger partial charge in [-0.05, 0) is 37.5 Å². The molecule has 0 saturated carbocycles. The number of rotatable bonds is 2. The molecule has 1 amide bonds. The Morgan fingerprint density at radius 3 is 2.53 bits per heavy atom. The van der Waals surface area contributed by atoms with Gasteiger partial charge in [0.15, 0.2) is 0 Å². The quantitative estimate of drug-likeness (QED) is 0.724. The van der Waals surface area contributed by atoms with Gasteiger partial charge in [0.1, 0.15) is 6.10 Å². The predicted molar refractivity (Wildman–Crippen MR) is 83.4 cm³/mol. The van der Waals surface area contributed by atoms with E-state index < -0.39 is 0 Å². The van der Waals surface area contributed by atoms with Crippen LogP contribution in [0.5, 0.6) is 0 Å². The summed E-state index contributed by atoms with van der Waals surface area (Å²) in [7, 11) is 0. The Hall–Kier alpha value is -0.990. The molecule has 0 spiro atoms. The molecule has 0 aromatic heterocycles. The highest BCUT2D eigenvalue weighted by Crippen LogP contribution is 2.16. The average molecular weight is 271 g/mol. The standard InChI is InChI=1S/C14H25NO2.C2H6.H2/c1-14(2,3)11-15-13(16)17-12-9-7-5-4-6-8-10-12;1-2;/h4-5,12H,6-11H2,1-3H3,(H,15,16);1-2H3;1H/b5-4+;;. The van der Waals surface area contributed by atoms with Gasteiger partial charge in [-0.2, -0.15) is 0 Å². The molecule has 1 aliphatic carbocycles. The first-order chi connectivity index (χ1) is 8.97. The van der Waals surface area contributed by atoms with E-state index in [2.05, 4.69) is 38.2 Å². The van der Waals surface area contributed by atoms with E-state index in [-0.39, 0.29) is 19.0 Å². The van der Waals surface area contributed by atoms with E-state index in [9.17, 15) is 4.79 Å². The largest absolute Gasteiger partial charge is 0.446 e. The summed E-state index contributed by atoms with van der Waals surface area (Å²) in [4.78, 5) is 11.6. The SMILES string of the molecule is CC.CC(C)(C)CNC(=O)OC1CC/C=C/CCC1.[HH]. The first kappa shape index (κ1) is 18.0. The van der Waals surface area contributed by atoms with E-state index in [1.807, 2.05) is 13.8 Å². The number of hydrogen-bond acceptors (Lipinski definition) is 2. The van der Waals surface area contributed by atoms with Crippen molar-refractivity contribution in [1.82, 2.24) is 5.32 Å². The van der Waals surface area contributed by atoms with Gasteiger partial charge in [0, 0.05) is 7.97 Å². The van der Waals surface area contributed by atoms with Crippen LogP contribution >= 0.6 is 0 Å². The summed E-state index contributed by atoms with van der Waals surface area (Å²) in [5.41, 5.74) is 0.0999. The minimum absolute atomic E-state index is 0. The molecule has 19 heavy (non-hydrogen) atoms. The van der Waals surface area contributed by atoms with Crippen LogP contribution in [0.15, 0.2) is 12.2 Å². The summed E-state index contributed by atoms with van der Waals surface area (Å²) in [5.74, 6) is 0. The van der Waals surface area contributed by atoms with Crippen molar-refractivity contribution in [2.45, 2.75) is 72.8 Å². The van der Waals surface area contributed by atoms with Crippen molar-refractivity contribution >= 4 is 6.09 Å². The van der Waals surface area contributed by atoms with Crippen LogP contribution in [0.1, 0.15) is 68.1 Å². The van der Waals surface area contributed by atoms with Gasteiger partial charge >= 0.3 is 6.09 Å². The Morgan fingerprint density at radius 2 is 1.89 bits per heavy atom. The first-order valence-corrected chi connectivity index (χ1v) is 7.57. The molecule has 0 heterocycles. The van der Waals surface area contributed by atoms with Gasteiger partial charge in [-0.1, -0.05) is 46.8 Å². The van der Waals surface area contributed by atoms with Gasteiger partial charge in [-0.15, -0.1) is 0 Å². The molecule has 1 rings (SSSR count). The summed E-state index contributed by atoms with van der Waals surface area (Å²) in [6, 6.07) is 0. The molecule has 0 aliphatic heterocycles. The lowest BCUT2D eigenvalue weighted by Gasteiger charge is -2.22. The van der Waals surface area contributed by atoms with Gasteiger partial charge in [0.25, 0.3) is 0 Å². The minimum Gasteiger partial charge on any atom is -0.446 e. The number of ether oxygens (including phenoxy) is 1. The zero-order valence-corrected chi connectivity index (χ0v) is 13.3. The summed E-state index contributed by atoms with van der Waals surface area (Å²) in [6.45, 7) is 10.9. The highest BCUT2D eigenvalue weighted by Gasteiger charge is 2.16.